The maximum atomic E-state index is 14.2. The molecular formula is C20H18F2N8O. The molecule has 1 aromatic carbocycles. The Morgan fingerprint density at radius 2 is 1.77 bits per heavy atom. The van der Waals surface area contributed by atoms with Crippen LogP contribution in [-0.4, -0.2) is 55.8 Å². The van der Waals surface area contributed by atoms with Crippen LogP contribution in [0, 0.1) is 11.6 Å². The van der Waals surface area contributed by atoms with Crippen LogP contribution in [0.15, 0.2) is 36.9 Å². The number of hydrogen-bond donors (Lipinski definition) is 1. The minimum absolute atomic E-state index is 0.0674. The van der Waals surface area contributed by atoms with Crippen molar-refractivity contribution in [2.24, 2.45) is 0 Å². The van der Waals surface area contributed by atoms with Gasteiger partial charge in [0.05, 0.1) is 38.5 Å². The van der Waals surface area contributed by atoms with Crippen LogP contribution in [0.25, 0.3) is 22.6 Å². The Morgan fingerprint density at radius 1 is 1.00 bits per heavy atom. The molecule has 3 aromatic heterocycles. The second-order valence-electron chi connectivity index (χ2n) is 7.04. The first-order valence-electron chi connectivity index (χ1n) is 9.66. The molecule has 4 aromatic rings. The number of benzene rings is 1. The van der Waals surface area contributed by atoms with Crippen molar-refractivity contribution in [2.75, 3.05) is 36.9 Å². The van der Waals surface area contributed by atoms with Gasteiger partial charge in [-0.1, -0.05) is 6.07 Å². The quantitative estimate of drug-likeness (QED) is 0.530. The van der Waals surface area contributed by atoms with Gasteiger partial charge in [0, 0.05) is 18.7 Å². The first kappa shape index (κ1) is 19.2. The van der Waals surface area contributed by atoms with Crippen molar-refractivity contribution in [3.05, 3.63) is 54.1 Å². The molecule has 1 aliphatic heterocycles. The van der Waals surface area contributed by atoms with Crippen molar-refractivity contribution >= 4 is 22.9 Å². The molecular weight excluding hydrogens is 406 g/mol. The van der Waals surface area contributed by atoms with Crippen LogP contribution in [-0.2, 0) is 11.3 Å². The standard InChI is InChI=1S/C20H18F2N8O/c21-13-2-1-3-14(22)12(13)10-30-11-26-18-17(15-8-25-16(23)9-24-15)27-20(28-19(18)30)29-4-6-31-7-5-29/h1-3,8-9,11H,4-7,10H2,(H2,23,25). The molecule has 0 radical (unpaired) electrons. The summed E-state index contributed by atoms with van der Waals surface area (Å²) in [5, 5.41) is 0. The third-order valence-corrected chi connectivity index (χ3v) is 5.05. The SMILES string of the molecule is Nc1cnc(-c2nc(N3CCOCC3)nc3c2ncn3Cc2c(F)cccc2F)cn1. The van der Waals surface area contributed by atoms with Crippen molar-refractivity contribution < 1.29 is 13.5 Å². The molecule has 0 saturated carbocycles. The fourth-order valence-corrected chi connectivity index (χ4v) is 3.45. The summed E-state index contributed by atoms with van der Waals surface area (Å²) in [7, 11) is 0. The van der Waals surface area contributed by atoms with Crippen LogP contribution < -0.4 is 10.6 Å². The zero-order valence-electron chi connectivity index (χ0n) is 16.4. The highest BCUT2D eigenvalue weighted by Crippen LogP contribution is 2.27. The molecule has 0 aliphatic carbocycles. The second kappa shape index (κ2) is 7.84. The average molecular weight is 424 g/mol. The summed E-state index contributed by atoms with van der Waals surface area (Å²) in [5.74, 6) is -0.522. The maximum absolute atomic E-state index is 14.2. The van der Waals surface area contributed by atoms with Crippen LogP contribution in [0.2, 0.25) is 0 Å². The topological polar surface area (TPSA) is 108 Å². The van der Waals surface area contributed by atoms with Gasteiger partial charge in [-0.05, 0) is 12.1 Å². The molecule has 1 aliphatic rings. The van der Waals surface area contributed by atoms with Crippen LogP contribution in [0.3, 0.4) is 0 Å². The summed E-state index contributed by atoms with van der Waals surface area (Å²) < 4.78 is 35.5. The fourth-order valence-electron chi connectivity index (χ4n) is 3.45. The first-order valence-corrected chi connectivity index (χ1v) is 9.66. The number of rotatable bonds is 4. The largest absolute Gasteiger partial charge is 0.382 e. The van der Waals surface area contributed by atoms with Gasteiger partial charge in [0.2, 0.25) is 5.95 Å². The van der Waals surface area contributed by atoms with Crippen LogP contribution >= 0.6 is 0 Å². The fraction of sp³-hybridized carbons (Fsp3) is 0.250. The lowest BCUT2D eigenvalue weighted by molar-refractivity contribution is 0.122. The highest BCUT2D eigenvalue weighted by Gasteiger charge is 2.21. The van der Waals surface area contributed by atoms with Gasteiger partial charge in [0.1, 0.15) is 34.4 Å². The summed E-state index contributed by atoms with van der Waals surface area (Å²) in [6.07, 6.45) is 4.43. The second-order valence-corrected chi connectivity index (χ2v) is 7.04. The van der Waals surface area contributed by atoms with Crippen LogP contribution in [0.4, 0.5) is 20.5 Å². The molecule has 2 N–H and O–H groups in total. The number of hydrogen-bond acceptors (Lipinski definition) is 8. The number of nitrogens with two attached hydrogens (primary N) is 1. The van der Waals surface area contributed by atoms with Gasteiger partial charge in [0.15, 0.2) is 5.65 Å². The predicted molar refractivity (Wildman–Crippen MR) is 109 cm³/mol. The Balaban J connectivity index is 1.66. The molecule has 0 bridgehead atoms. The lowest BCUT2D eigenvalue weighted by Crippen LogP contribution is -2.37. The summed E-state index contributed by atoms with van der Waals surface area (Å²) in [5.41, 5.74) is 7.42. The predicted octanol–water partition coefficient (Wildman–Crippen LogP) is 2.03. The number of halogens is 2. The van der Waals surface area contributed by atoms with Gasteiger partial charge < -0.3 is 19.9 Å². The minimum Gasteiger partial charge on any atom is -0.382 e. The molecule has 0 spiro atoms. The highest BCUT2D eigenvalue weighted by atomic mass is 19.1. The number of fused-ring (bicyclic) bond motifs is 1. The van der Waals surface area contributed by atoms with Gasteiger partial charge in [-0.2, -0.15) is 4.98 Å². The molecule has 5 rings (SSSR count). The summed E-state index contributed by atoms with van der Waals surface area (Å²) in [6, 6.07) is 3.78. The number of imidazole rings is 1. The van der Waals surface area contributed by atoms with E-state index in [1.807, 2.05) is 4.90 Å². The van der Waals surface area contributed by atoms with E-state index in [0.717, 1.165) is 0 Å². The molecule has 0 amide bonds. The van der Waals surface area contributed by atoms with E-state index in [9.17, 15) is 8.78 Å². The summed E-state index contributed by atoms with van der Waals surface area (Å²) in [6.45, 7) is 2.28. The molecule has 0 unspecified atom stereocenters. The Labute approximate surface area is 175 Å². The number of ether oxygens (including phenoxy) is 1. The van der Waals surface area contributed by atoms with E-state index < -0.39 is 11.6 Å². The molecule has 31 heavy (non-hydrogen) atoms. The molecule has 1 saturated heterocycles. The number of nitrogens with zero attached hydrogens (tertiary/aromatic N) is 7. The van der Waals surface area contributed by atoms with E-state index in [2.05, 4.69) is 24.9 Å². The summed E-state index contributed by atoms with van der Waals surface area (Å²) >= 11 is 0. The zero-order chi connectivity index (χ0) is 21.4. The number of aromatic nitrogens is 6. The normalized spacial score (nSPS) is 14.3. The number of nitrogen functional groups attached to an aromatic ring is 1. The third-order valence-electron chi connectivity index (χ3n) is 5.05. The van der Waals surface area contributed by atoms with E-state index >= 15 is 0 Å². The Hall–Kier alpha value is -3.73. The van der Waals surface area contributed by atoms with E-state index in [-0.39, 0.29) is 17.9 Å². The molecule has 1 fully saturated rings. The van der Waals surface area contributed by atoms with Gasteiger partial charge in [-0.15, -0.1) is 0 Å². The number of anilines is 2. The van der Waals surface area contributed by atoms with Crippen molar-refractivity contribution in [1.82, 2.24) is 29.5 Å². The number of morpholine rings is 1. The zero-order valence-corrected chi connectivity index (χ0v) is 16.4. The van der Waals surface area contributed by atoms with E-state index in [1.54, 1.807) is 4.57 Å². The third kappa shape index (κ3) is 3.63. The monoisotopic (exact) mass is 424 g/mol. The van der Waals surface area contributed by atoms with Gasteiger partial charge >= 0.3 is 0 Å². The lowest BCUT2D eigenvalue weighted by atomic mass is 10.2. The molecule has 9 nitrogen and oxygen atoms in total. The Bertz CT molecular complexity index is 1220. The van der Waals surface area contributed by atoms with Crippen molar-refractivity contribution in [1.29, 1.82) is 0 Å². The minimum atomic E-state index is -0.631. The van der Waals surface area contributed by atoms with Crippen molar-refractivity contribution in [2.45, 2.75) is 6.54 Å². The lowest BCUT2D eigenvalue weighted by Gasteiger charge is -2.27. The first-order chi connectivity index (χ1) is 15.1. The maximum Gasteiger partial charge on any atom is 0.228 e. The average Bonchev–Trinajstić information content (AvgIpc) is 3.20. The van der Waals surface area contributed by atoms with Gasteiger partial charge in [-0.3, -0.25) is 0 Å². The smallest absolute Gasteiger partial charge is 0.228 e. The Morgan fingerprint density at radius 3 is 2.48 bits per heavy atom. The molecule has 11 heteroatoms. The summed E-state index contributed by atoms with van der Waals surface area (Å²) in [4.78, 5) is 24.1. The Kier molecular flexibility index (Phi) is 4.86. The van der Waals surface area contributed by atoms with Crippen LogP contribution in [0.1, 0.15) is 5.56 Å². The molecule has 4 heterocycles. The van der Waals surface area contributed by atoms with Crippen LogP contribution in [0.5, 0.6) is 0 Å². The van der Waals surface area contributed by atoms with Gasteiger partial charge in [0.25, 0.3) is 0 Å². The van der Waals surface area contributed by atoms with E-state index in [4.69, 9.17) is 10.5 Å². The molecule has 158 valence electrons. The van der Waals surface area contributed by atoms with E-state index in [0.29, 0.717) is 54.8 Å². The molecule has 0 atom stereocenters. The van der Waals surface area contributed by atoms with E-state index in [1.165, 1.54) is 36.9 Å². The van der Waals surface area contributed by atoms with Gasteiger partial charge in [-0.25, -0.2) is 28.7 Å². The van der Waals surface area contributed by atoms with Crippen molar-refractivity contribution in [3.8, 4) is 11.4 Å². The van der Waals surface area contributed by atoms with Crippen molar-refractivity contribution in [3.63, 3.8) is 0 Å². The highest BCUT2D eigenvalue weighted by molar-refractivity contribution is 5.87.